The molecule has 1 aliphatic carbocycles. The van der Waals surface area contributed by atoms with Gasteiger partial charge in [0.1, 0.15) is 0 Å². The van der Waals surface area contributed by atoms with Gasteiger partial charge < -0.3 is 5.32 Å². The number of rotatable bonds is 2. The molecule has 128 valence electrons. The van der Waals surface area contributed by atoms with Gasteiger partial charge in [0.15, 0.2) is 0 Å². The molecular weight excluding hydrogens is 359 g/mol. The van der Waals surface area contributed by atoms with Crippen LogP contribution < -0.4 is 5.32 Å². The van der Waals surface area contributed by atoms with Gasteiger partial charge in [-0.1, -0.05) is 41.4 Å². The Morgan fingerprint density at radius 3 is 2.64 bits per heavy atom. The predicted octanol–water partition coefficient (Wildman–Crippen LogP) is 6.04. The van der Waals surface area contributed by atoms with Crippen molar-refractivity contribution < 1.29 is 4.92 Å². The number of nitro benzene ring substituents is 1. The molecule has 0 fully saturated rings. The molecule has 3 unspecified atom stereocenters. The lowest BCUT2D eigenvalue weighted by atomic mass is 9.76. The Kier molecular flexibility index (Phi) is 3.97. The number of fused-ring (bicyclic) bond motifs is 3. The fourth-order valence-electron chi connectivity index (χ4n) is 4.07. The number of hydrogen-bond acceptors (Lipinski definition) is 3. The molecule has 1 N–H and O–H groups in total. The smallest absolute Gasteiger partial charge is 0.270 e. The molecule has 2 aromatic rings. The summed E-state index contributed by atoms with van der Waals surface area (Å²) in [4.78, 5) is 10.9. The van der Waals surface area contributed by atoms with Crippen molar-refractivity contribution in [2.45, 2.75) is 25.3 Å². The summed E-state index contributed by atoms with van der Waals surface area (Å²) in [6.45, 7) is 1.89. The van der Waals surface area contributed by atoms with Gasteiger partial charge in [0.25, 0.3) is 5.69 Å². The van der Waals surface area contributed by atoms with E-state index in [1.165, 1.54) is 0 Å². The molecule has 4 rings (SSSR count). The topological polar surface area (TPSA) is 55.2 Å². The van der Waals surface area contributed by atoms with E-state index in [0.717, 1.165) is 28.8 Å². The average Bonchev–Trinajstić information content (AvgIpc) is 3.05. The Balaban J connectivity index is 1.88. The molecule has 0 spiro atoms. The summed E-state index contributed by atoms with van der Waals surface area (Å²) < 4.78 is 0. The lowest BCUT2D eigenvalue weighted by molar-refractivity contribution is -0.385. The van der Waals surface area contributed by atoms with Crippen molar-refractivity contribution in [3.63, 3.8) is 0 Å². The number of nitrogens with zero attached hydrogens (tertiary/aromatic N) is 1. The standard InChI is InChI=1S/C19H16Cl2N2O2/c1-10-8-11(23(24)25)9-14-12-4-2-5-13(12)19(22-18(10)14)17-15(20)6-3-7-16(17)21/h2-4,6-9,12-13,19,22H,5H2,1H3. The maximum absolute atomic E-state index is 11.2. The van der Waals surface area contributed by atoms with Crippen LogP contribution in [0.3, 0.4) is 0 Å². The van der Waals surface area contributed by atoms with Crippen LogP contribution in [0.25, 0.3) is 0 Å². The van der Waals surface area contributed by atoms with Crippen molar-refractivity contribution in [2.75, 3.05) is 5.32 Å². The van der Waals surface area contributed by atoms with Gasteiger partial charge in [-0.25, -0.2) is 0 Å². The summed E-state index contributed by atoms with van der Waals surface area (Å²) in [6, 6.07) is 8.79. The molecule has 4 nitrogen and oxygen atoms in total. The summed E-state index contributed by atoms with van der Waals surface area (Å²) in [6.07, 6.45) is 5.16. The number of benzene rings is 2. The first-order valence-electron chi connectivity index (χ1n) is 8.13. The van der Waals surface area contributed by atoms with E-state index in [0.29, 0.717) is 10.0 Å². The normalized spacial score (nSPS) is 23.7. The van der Waals surface area contributed by atoms with Gasteiger partial charge in [-0.2, -0.15) is 0 Å². The lowest BCUT2D eigenvalue weighted by Crippen LogP contribution is -2.30. The number of halogens is 2. The summed E-state index contributed by atoms with van der Waals surface area (Å²) in [5.41, 5.74) is 3.81. The highest BCUT2D eigenvalue weighted by Crippen LogP contribution is 2.53. The highest BCUT2D eigenvalue weighted by atomic mass is 35.5. The summed E-state index contributed by atoms with van der Waals surface area (Å²) in [7, 11) is 0. The highest BCUT2D eigenvalue weighted by Gasteiger charge is 2.40. The Morgan fingerprint density at radius 2 is 1.96 bits per heavy atom. The fraction of sp³-hybridized carbons (Fsp3) is 0.263. The van der Waals surface area contributed by atoms with Crippen LogP contribution in [0.4, 0.5) is 11.4 Å². The zero-order valence-corrected chi connectivity index (χ0v) is 15.0. The Bertz CT molecular complexity index is 890. The molecule has 2 aliphatic rings. The summed E-state index contributed by atoms with van der Waals surface area (Å²) in [5, 5.41) is 16.1. The number of non-ortho nitro benzene ring substituents is 1. The van der Waals surface area contributed by atoms with Gasteiger partial charge in [0.05, 0.1) is 11.0 Å². The first-order chi connectivity index (χ1) is 12.0. The van der Waals surface area contributed by atoms with Crippen LogP contribution in [0, 0.1) is 23.0 Å². The molecule has 0 aromatic heterocycles. The van der Waals surface area contributed by atoms with Gasteiger partial charge in [-0.05, 0) is 42.5 Å². The van der Waals surface area contributed by atoms with E-state index < -0.39 is 0 Å². The fourth-order valence-corrected chi connectivity index (χ4v) is 4.70. The Hall–Kier alpha value is -2.04. The van der Waals surface area contributed by atoms with Crippen LogP contribution in [0.1, 0.15) is 35.1 Å². The molecule has 0 saturated carbocycles. The van der Waals surface area contributed by atoms with Crippen LogP contribution in [-0.2, 0) is 0 Å². The number of aryl methyl sites for hydroxylation is 1. The third-order valence-electron chi connectivity index (χ3n) is 5.17. The number of allylic oxidation sites excluding steroid dienone is 2. The van der Waals surface area contributed by atoms with Crippen LogP contribution in [0.2, 0.25) is 10.0 Å². The monoisotopic (exact) mass is 374 g/mol. The van der Waals surface area contributed by atoms with Gasteiger partial charge in [0.2, 0.25) is 0 Å². The van der Waals surface area contributed by atoms with E-state index >= 15 is 0 Å². The molecule has 0 amide bonds. The van der Waals surface area contributed by atoms with Crippen molar-refractivity contribution in [3.05, 3.63) is 79.3 Å². The Labute approximate surface area is 155 Å². The molecule has 3 atom stereocenters. The first-order valence-corrected chi connectivity index (χ1v) is 8.89. The second-order valence-electron chi connectivity index (χ2n) is 6.59. The van der Waals surface area contributed by atoms with Crippen molar-refractivity contribution in [1.82, 2.24) is 0 Å². The maximum Gasteiger partial charge on any atom is 0.270 e. The number of nitro groups is 1. The highest BCUT2D eigenvalue weighted by molar-refractivity contribution is 6.36. The van der Waals surface area contributed by atoms with Gasteiger partial charge in [0, 0.05) is 39.3 Å². The Morgan fingerprint density at radius 1 is 1.24 bits per heavy atom. The van der Waals surface area contributed by atoms with Crippen LogP contribution in [0.15, 0.2) is 42.5 Å². The molecule has 1 aliphatic heterocycles. The summed E-state index contributed by atoms with van der Waals surface area (Å²) >= 11 is 12.9. The molecule has 0 saturated heterocycles. The van der Waals surface area contributed by atoms with Crippen LogP contribution in [0.5, 0.6) is 0 Å². The number of anilines is 1. The molecule has 6 heteroatoms. The minimum atomic E-state index is -0.335. The molecule has 25 heavy (non-hydrogen) atoms. The van der Waals surface area contributed by atoms with E-state index in [4.69, 9.17) is 23.2 Å². The van der Waals surface area contributed by atoms with Gasteiger partial charge >= 0.3 is 0 Å². The molecule has 2 aromatic carbocycles. The van der Waals surface area contributed by atoms with Crippen molar-refractivity contribution >= 4 is 34.6 Å². The number of nitrogens with one attached hydrogen (secondary N) is 1. The van der Waals surface area contributed by atoms with E-state index in [1.807, 2.05) is 25.1 Å². The average molecular weight is 375 g/mol. The van der Waals surface area contributed by atoms with Crippen molar-refractivity contribution in [2.24, 2.45) is 5.92 Å². The molecular formula is C19H16Cl2N2O2. The van der Waals surface area contributed by atoms with Crippen molar-refractivity contribution in [3.8, 4) is 0 Å². The molecule has 1 heterocycles. The van der Waals surface area contributed by atoms with E-state index in [9.17, 15) is 10.1 Å². The third-order valence-corrected chi connectivity index (χ3v) is 5.83. The predicted molar refractivity (Wildman–Crippen MR) is 101 cm³/mol. The van der Waals surface area contributed by atoms with Crippen LogP contribution in [-0.4, -0.2) is 4.92 Å². The van der Waals surface area contributed by atoms with Gasteiger partial charge in [-0.3, -0.25) is 10.1 Å². The zero-order chi connectivity index (χ0) is 17.7. The zero-order valence-electron chi connectivity index (χ0n) is 13.5. The lowest BCUT2D eigenvalue weighted by Gasteiger charge is -2.38. The minimum absolute atomic E-state index is 0.0335. The van der Waals surface area contributed by atoms with E-state index in [1.54, 1.807) is 12.1 Å². The second-order valence-corrected chi connectivity index (χ2v) is 7.41. The molecule has 0 bridgehead atoms. The largest absolute Gasteiger partial charge is 0.377 e. The van der Waals surface area contributed by atoms with E-state index in [-0.39, 0.29) is 28.5 Å². The number of hydrogen-bond donors (Lipinski definition) is 1. The SMILES string of the molecule is Cc1cc([N+](=O)[O-])cc2c1NC(c1c(Cl)cccc1Cl)C1CC=CC21. The van der Waals surface area contributed by atoms with E-state index in [2.05, 4.69) is 17.5 Å². The van der Waals surface area contributed by atoms with Crippen molar-refractivity contribution in [1.29, 1.82) is 0 Å². The van der Waals surface area contributed by atoms with Crippen LogP contribution >= 0.6 is 23.2 Å². The third kappa shape index (κ3) is 2.60. The minimum Gasteiger partial charge on any atom is -0.377 e. The van der Waals surface area contributed by atoms with Gasteiger partial charge in [-0.15, -0.1) is 0 Å². The quantitative estimate of drug-likeness (QED) is 0.396. The summed E-state index contributed by atoms with van der Waals surface area (Å²) in [5.74, 6) is 0.346. The first kappa shape index (κ1) is 16.4. The maximum atomic E-state index is 11.2. The second kappa shape index (κ2) is 6.04. The molecule has 0 radical (unpaired) electrons.